The van der Waals surface area contributed by atoms with Crippen LogP contribution in [-0.4, -0.2) is 59.9 Å². The molecule has 2 fully saturated rings. The molecule has 0 bridgehead atoms. The molecular formula is C21H31N3O2. The molecule has 1 N–H and O–H groups in total. The summed E-state index contributed by atoms with van der Waals surface area (Å²) in [5.41, 5.74) is 0.968. The van der Waals surface area contributed by atoms with Gasteiger partial charge >= 0.3 is 0 Å². The Bertz CT molecular complexity index is 611. The Morgan fingerprint density at radius 3 is 2.46 bits per heavy atom. The molecule has 2 unspecified atom stereocenters. The van der Waals surface area contributed by atoms with Gasteiger partial charge in [0.2, 0.25) is 11.8 Å². The summed E-state index contributed by atoms with van der Waals surface area (Å²) in [5, 5.41) is 2.98. The predicted molar refractivity (Wildman–Crippen MR) is 103 cm³/mol. The minimum absolute atomic E-state index is 0.0723. The van der Waals surface area contributed by atoms with Crippen molar-refractivity contribution in [3.63, 3.8) is 0 Å². The number of hydrogen-bond donors (Lipinski definition) is 1. The number of hydrogen-bond acceptors (Lipinski definition) is 3. The lowest BCUT2D eigenvalue weighted by Crippen LogP contribution is -2.51. The Balaban J connectivity index is 1.56. The molecule has 1 aromatic carbocycles. The number of amides is 2. The van der Waals surface area contributed by atoms with E-state index in [4.69, 9.17) is 0 Å². The summed E-state index contributed by atoms with van der Waals surface area (Å²) in [6.45, 7) is 7.93. The molecule has 2 atom stereocenters. The number of rotatable bonds is 6. The topological polar surface area (TPSA) is 52.7 Å². The molecule has 2 aliphatic rings. The zero-order valence-electron chi connectivity index (χ0n) is 16.0. The highest BCUT2D eigenvalue weighted by molar-refractivity contribution is 5.88. The van der Waals surface area contributed by atoms with Gasteiger partial charge in [-0.15, -0.1) is 0 Å². The zero-order chi connectivity index (χ0) is 18.5. The largest absolute Gasteiger partial charge is 0.344 e. The van der Waals surface area contributed by atoms with Gasteiger partial charge in [-0.3, -0.25) is 14.5 Å². The van der Waals surface area contributed by atoms with Crippen molar-refractivity contribution < 1.29 is 9.59 Å². The first-order chi connectivity index (χ1) is 12.5. The number of nitrogens with one attached hydrogen (secondary N) is 1. The van der Waals surface area contributed by atoms with Gasteiger partial charge < -0.3 is 10.2 Å². The SMILES string of the molecule is CC(C)C(NC(=O)Cc1ccccc1)C(=O)N1CCC(N2CCCC2)C1. The van der Waals surface area contributed by atoms with E-state index in [1.54, 1.807) is 0 Å². The van der Waals surface area contributed by atoms with Crippen molar-refractivity contribution in [1.29, 1.82) is 0 Å². The van der Waals surface area contributed by atoms with Gasteiger partial charge in [-0.25, -0.2) is 0 Å². The van der Waals surface area contributed by atoms with E-state index in [-0.39, 0.29) is 17.7 Å². The molecule has 142 valence electrons. The van der Waals surface area contributed by atoms with E-state index in [1.807, 2.05) is 49.1 Å². The summed E-state index contributed by atoms with van der Waals surface area (Å²) in [5.74, 6) is 0.0645. The van der Waals surface area contributed by atoms with Crippen molar-refractivity contribution in [1.82, 2.24) is 15.1 Å². The third kappa shape index (κ3) is 4.64. The van der Waals surface area contributed by atoms with E-state index in [9.17, 15) is 9.59 Å². The van der Waals surface area contributed by atoms with Crippen molar-refractivity contribution in [3.8, 4) is 0 Å². The van der Waals surface area contributed by atoms with Crippen molar-refractivity contribution >= 4 is 11.8 Å². The minimum Gasteiger partial charge on any atom is -0.344 e. The van der Waals surface area contributed by atoms with Crippen LogP contribution in [0.25, 0.3) is 0 Å². The average molecular weight is 357 g/mol. The fourth-order valence-corrected chi connectivity index (χ4v) is 4.06. The molecule has 0 aromatic heterocycles. The second kappa shape index (κ2) is 8.67. The number of carbonyl (C=O) groups excluding carboxylic acids is 2. The normalized spacial score (nSPS) is 22.0. The van der Waals surface area contributed by atoms with Crippen LogP contribution in [0.3, 0.4) is 0 Å². The fraction of sp³-hybridized carbons (Fsp3) is 0.619. The lowest BCUT2D eigenvalue weighted by Gasteiger charge is -2.28. The maximum absolute atomic E-state index is 13.0. The first kappa shape index (κ1) is 18.9. The van der Waals surface area contributed by atoms with Gasteiger partial charge in [0.05, 0.1) is 6.42 Å². The van der Waals surface area contributed by atoms with Gasteiger partial charge in [-0.1, -0.05) is 44.2 Å². The number of benzene rings is 1. The van der Waals surface area contributed by atoms with Crippen molar-refractivity contribution in [3.05, 3.63) is 35.9 Å². The quantitative estimate of drug-likeness (QED) is 0.848. The average Bonchev–Trinajstić information content (AvgIpc) is 3.31. The van der Waals surface area contributed by atoms with Crippen LogP contribution in [0.1, 0.15) is 38.7 Å². The molecular weight excluding hydrogens is 326 g/mol. The smallest absolute Gasteiger partial charge is 0.245 e. The van der Waals surface area contributed by atoms with E-state index in [0.29, 0.717) is 12.5 Å². The second-order valence-corrected chi connectivity index (χ2v) is 7.92. The molecule has 0 radical (unpaired) electrons. The van der Waals surface area contributed by atoms with Crippen molar-refractivity contribution in [2.75, 3.05) is 26.2 Å². The zero-order valence-corrected chi connectivity index (χ0v) is 16.0. The van der Waals surface area contributed by atoms with Crippen LogP contribution in [-0.2, 0) is 16.0 Å². The molecule has 0 aliphatic carbocycles. The Hall–Kier alpha value is -1.88. The molecule has 2 aliphatic heterocycles. The minimum atomic E-state index is -0.441. The molecule has 2 heterocycles. The molecule has 0 spiro atoms. The number of nitrogens with zero attached hydrogens (tertiary/aromatic N) is 2. The molecule has 2 amide bonds. The highest BCUT2D eigenvalue weighted by atomic mass is 16.2. The van der Waals surface area contributed by atoms with Crippen LogP contribution >= 0.6 is 0 Å². The fourth-order valence-electron chi connectivity index (χ4n) is 4.06. The second-order valence-electron chi connectivity index (χ2n) is 7.92. The van der Waals surface area contributed by atoms with Crippen LogP contribution in [0.2, 0.25) is 0 Å². The maximum Gasteiger partial charge on any atom is 0.245 e. The van der Waals surface area contributed by atoms with E-state index in [1.165, 1.54) is 12.8 Å². The monoisotopic (exact) mass is 357 g/mol. The van der Waals surface area contributed by atoms with Gasteiger partial charge in [0.15, 0.2) is 0 Å². The van der Waals surface area contributed by atoms with Crippen LogP contribution in [0.4, 0.5) is 0 Å². The van der Waals surface area contributed by atoms with Crippen LogP contribution < -0.4 is 5.32 Å². The predicted octanol–water partition coefficient (Wildman–Crippen LogP) is 2.07. The van der Waals surface area contributed by atoms with Crippen molar-refractivity contribution in [2.24, 2.45) is 5.92 Å². The first-order valence-electron chi connectivity index (χ1n) is 9.90. The Morgan fingerprint density at radius 2 is 1.81 bits per heavy atom. The molecule has 2 saturated heterocycles. The molecule has 26 heavy (non-hydrogen) atoms. The standard InChI is InChI=1S/C21H31N3O2/c1-16(2)20(22-19(25)14-17-8-4-3-5-9-17)21(26)24-13-10-18(15-24)23-11-6-7-12-23/h3-5,8-9,16,18,20H,6-7,10-15H2,1-2H3,(H,22,25). The van der Waals surface area contributed by atoms with Gasteiger partial charge in [-0.2, -0.15) is 0 Å². The third-order valence-electron chi connectivity index (χ3n) is 5.59. The summed E-state index contributed by atoms with van der Waals surface area (Å²) in [4.78, 5) is 29.9. The highest BCUT2D eigenvalue weighted by Crippen LogP contribution is 2.21. The van der Waals surface area contributed by atoms with Crippen LogP contribution in [0, 0.1) is 5.92 Å². The Morgan fingerprint density at radius 1 is 1.12 bits per heavy atom. The first-order valence-corrected chi connectivity index (χ1v) is 9.90. The van der Waals surface area contributed by atoms with Gasteiger partial charge in [-0.05, 0) is 43.8 Å². The molecule has 3 rings (SSSR count). The molecule has 1 aromatic rings. The highest BCUT2D eigenvalue weighted by Gasteiger charge is 2.35. The van der Waals surface area contributed by atoms with Gasteiger partial charge in [0, 0.05) is 19.1 Å². The lowest BCUT2D eigenvalue weighted by molar-refractivity contribution is -0.136. The molecule has 0 saturated carbocycles. The summed E-state index contributed by atoms with van der Waals surface area (Å²) < 4.78 is 0. The summed E-state index contributed by atoms with van der Waals surface area (Å²) in [7, 11) is 0. The van der Waals surface area contributed by atoms with Crippen LogP contribution in [0.5, 0.6) is 0 Å². The summed E-state index contributed by atoms with van der Waals surface area (Å²) in [6.07, 6.45) is 3.91. The summed E-state index contributed by atoms with van der Waals surface area (Å²) >= 11 is 0. The Labute approximate surface area is 156 Å². The van der Waals surface area contributed by atoms with E-state index in [2.05, 4.69) is 10.2 Å². The van der Waals surface area contributed by atoms with Gasteiger partial charge in [0.1, 0.15) is 6.04 Å². The van der Waals surface area contributed by atoms with Gasteiger partial charge in [0.25, 0.3) is 0 Å². The summed E-state index contributed by atoms with van der Waals surface area (Å²) in [6, 6.07) is 9.72. The number of carbonyl (C=O) groups is 2. The van der Waals surface area contributed by atoms with E-state index in [0.717, 1.165) is 38.2 Å². The molecule has 5 heteroatoms. The van der Waals surface area contributed by atoms with Crippen LogP contribution in [0.15, 0.2) is 30.3 Å². The maximum atomic E-state index is 13.0. The third-order valence-corrected chi connectivity index (χ3v) is 5.59. The van der Waals surface area contributed by atoms with E-state index < -0.39 is 6.04 Å². The van der Waals surface area contributed by atoms with E-state index >= 15 is 0 Å². The molecule has 5 nitrogen and oxygen atoms in total. The lowest BCUT2D eigenvalue weighted by atomic mass is 10.0. The Kier molecular flexibility index (Phi) is 6.30. The number of likely N-dealkylation sites (tertiary alicyclic amines) is 2. The van der Waals surface area contributed by atoms with Crippen molar-refractivity contribution in [2.45, 2.75) is 51.6 Å².